The first-order chi connectivity index (χ1) is 12.0. The first-order valence-electron chi connectivity index (χ1n) is 8.45. The molecule has 1 aliphatic heterocycles. The third-order valence-corrected chi connectivity index (χ3v) is 7.09. The second-order valence-electron chi connectivity index (χ2n) is 6.84. The Morgan fingerprint density at radius 1 is 1.48 bits per heavy atom. The van der Waals surface area contributed by atoms with Crippen molar-refractivity contribution in [3.63, 3.8) is 0 Å². The van der Waals surface area contributed by atoms with Crippen LogP contribution in [-0.4, -0.2) is 37.0 Å². The number of carbonyl (C=O) groups excluding carboxylic acids is 1. The molecule has 134 valence electrons. The zero-order chi connectivity index (χ0) is 17.4. The molecule has 9 heteroatoms. The Balaban J connectivity index is 1.56. The van der Waals surface area contributed by atoms with E-state index in [4.69, 9.17) is 5.73 Å². The Bertz CT molecular complexity index is 736. The second kappa shape index (κ2) is 6.71. The van der Waals surface area contributed by atoms with E-state index in [9.17, 15) is 9.35 Å². The second-order valence-corrected chi connectivity index (χ2v) is 9.32. The summed E-state index contributed by atoms with van der Waals surface area (Å²) in [5.41, 5.74) is 7.16. The zero-order valence-electron chi connectivity index (χ0n) is 13.8. The largest absolute Gasteiger partial charge is 0.616 e. The highest BCUT2D eigenvalue weighted by atomic mass is 32.2. The highest BCUT2D eigenvalue weighted by Gasteiger charge is 2.42. The van der Waals surface area contributed by atoms with Crippen molar-refractivity contribution in [3.8, 4) is 0 Å². The van der Waals surface area contributed by atoms with E-state index in [0.717, 1.165) is 31.4 Å². The molecule has 1 amide bonds. The van der Waals surface area contributed by atoms with Gasteiger partial charge in [0.15, 0.2) is 0 Å². The average Bonchev–Trinajstić information content (AvgIpc) is 3.06. The highest BCUT2D eigenvalue weighted by Crippen LogP contribution is 2.38. The number of hydrogen-bond acceptors (Lipinski definition) is 6. The van der Waals surface area contributed by atoms with Crippen molar-refractivity contribution in [1.82, 2.24) is 20.3 Å². The molecule has 2 aromatic heterocycles. The molecule has 2 aliphatic rings. The van der Waals surface area contributed by atoms with Crippen LogP contribution in [0.5, 0.6) is 0 Å². The molecule has 0 radical (unpaired) electrons. The molecular weight excluding hydrogens is 358 g/mol. The fourth-order valence-corrected chi connectivity index (χ4v) is 5.16. The van der Waals surface area contributed by atoms with E-state index < -0.39 is 16.8 Å². The van der Waals surface area contributed by atoms with Gasteiger partial charge in [-0.25, -0.2) is 4.68 Å². The lowest BCUT2D eigenvalue weighted by Gasteiger charge is -2.30. The number of nitrogens with zero attached hydrogens (tertiary/aromatic N) is 3. The van der Waals surface area contributed by atoms with Crippen LogP contribution in [0.1, 0.15) is 47.8 Å². The molecule has 25 heavy (non-hydrogen) atoms. The Hall–Kier alpha value is -1.42. The van der Waals surface area contributed by atoms with E-state index in [0.29, 0.717) is 17.1 Å². The molecule has 1 saturated heterocycles. The summed E-state index contributed by atoms with van der Waals surface area (Å²) in [7, 11) is 0. The Labute approximate surface area is 153 Å². The number of rotatable bonds is 5. The summed E-state index contributed by atoms with van der Waals surface area (Å²) < 4.78 is 13.4. The van der Waals surface area contributed by atoms with Crippen molar-refractivity contribution in [3.05, 3.63) is 34.3 Å². The van der Waals surface area contributed by atoms with Crippen molar-refractivity contribution in [2.75, 3.05) is 11.5 Å². The van der Waals surface area contributed by atoms with Gasteiger partial charge in [0.05, 0.1) is 17.8 Å². The van der Waals surface area contributed by atoms with Gasteiger partial charge in [-0.2, -0.15) is 11.3 Å². The van der Waals surface area contributed by atoms with Gasteiger partial charge in [-0.1, -0.05) is 16.4 Å². The maximum Gasteiger partial charge on any atom is 0.252 e. The van der Waals surface area contributed by atoms with Crippen LogP contribution in [0.4, 0.5) is 0 Å². The van der Waals surface area contributed by atoms with Crippen LogP contribution in [0.25, 0.3) is 0 Å². The lowest BCUT2D eigenvalue weighted by molar-refractivity contribution is 0.0918. The molecular formula is C16H21N5O2S2. The highest BCUT2D eigenvalue weighted by molar-refractivity contribution is 7.91. The van der Waals surface area contributed by atoms with Gasteiger partial charge in [-0.3, -0.25) is 4.79 Å². The minimum atomic E-state index is -0.747. The van der Waals surface area contributed by atoms with Gasteiger partial charge in [0.25, 0.3) is 5.91 Å². The maximum atomic E-state index is 12.6. The van der Waals surface area contributed by atoms with Gasteiger partial charge in [0.2, 0.25) is 0 Å². The number of nitrogens with two attached hydrogens (primary N) is 1. The Morgan fingerprint density at radius 3 is 2.88 bits per heavy atom. The van der Waals surface area contributed by atoms with Crippen molar-refractivity contribution in [1.29, 1.82) is 0 Å². The fraction of sp³-hybridized carbons (Fsp3) is 0.562. The first-order valence-corrected chi connectivity index (χ1v) is 10.9. The van der Waals surface area contributed by atoms with Crippen LogP contribution in [0.2, 0.25) is 0 Å². The van der Waals surface area contributed by atoms with Crippen LogP contribution < -0.4 is 11.1 Å². The van der Waals surface area contributed by atoms with E-state index in [1.165, 1.54) is 11.3 Å². The summed E-state index contributed by atoms with van der Waals surface area (Å²) in [6.45, 7) is 0. The number of amides is 1. The summed E-state index contributed by atoms with van der Waals surface area (Å²) in [6, 6.07) is 1.57. The average molecular weight is 380 g/mol. The summed E-state index contributed by atoms with van der Waals surface area (Å²) in [5.74, 6) is 1.44. The monoisotopic (exact) mass is 379 g/mol. The molecule has 0 aromatic carbocycles. The lowest BCUT2D eigenvalue weighted by Crippen LogP contribution is -2.37. The minimum Gasteiger partial charge on any atom is -0.616 e. The van der Waals surface area contributed by atoms with Gasteiger partial charge < -0.3 is 15.6 Å². The SMILES string of the molecule is NC1(n2cc([C@@H](NC(=O)c3ccsc3)C3CC[S+]([O-])CC3)nn2)CC1. The smallest absolute Gasteiger partial charge is 0.252 e. The topological polar surface area (TPSA) is 109 Å². The lowest BCUT2D eigenvalue weighted by atomic mass is 9.91. The molecule has 0 spiro atoms. The van der Waals surface area contributed by atoms with E-state index in [1.807, 2.05) is 23.0 Å². The van der Waals surface area contributed by atoms with Gasteiger partial charge in [0, 0.05) is 5.38 Å². The molecule has 2 fully saturated rings. The number of nitrogens with one attached hydrogen (secondary N) is 1. The predicted octanol–water partition coefficient (Wildman–Crippen LogP) is 1.37. The fourth-order valence-electron chi connectivity index (χ4n) is 3.19. The molecule has 3 N–H and O–H groups in total. The van der Waals surface area contributed by atoms with Crippen LogP contribution in [0, 0.1) is 5.92 Å². The third-order valence-electron chi connectivity index (χ3n) is 5.02. The summed E-state index contributed by atoms with van der Waals surface area (Å²) in [6.07, 6.45) is 5.26. The first kappa shape index (κ1) is 17.0. The van der Waals surface area contributed by atoms with E-state index >= 15 is 0 Å². The molecule has 2 aromatic rings. The molecule has 0 bridgehead atoms. The van der Waals surface area contributed by atoms with Gasteiger partial charge >= 0.3 is 0 Å². The van der Waals surface area contributed by atoms with E-state index in [-0.39, 0.29) is 17.9 Å². The third kappa shape index (κ3) is 3.59. The van der Waals surface area contributed by atoms with Crippen molar-refractivity contribution < 1.29 is 9.35 Å². The number of aromatic nitrogens is 3. The van der Waals surface area contributed by atoms with E-state index in [2.05, 4.69) is 15.6 Å². The molecule has 1 saturated carbocycles. The van der Waals surface area contributed by atoms with Crippen LogP contribution in [0.15, 0.2) is 23.0 Å². The van der Waals surface area contributed by atoms with Crippen LogP contribution >= 0.6 is 11.3 Å². The van der Waals surface area contributed by atoms with Crippen molar-refractivity contribution >= 4 is 28.4 Å². The quantitative estimate of drug-likeness (QED) is 0.763. The molecule has 1 aliphatic carbocycles. The summed E-state index contributed by atoms with van der Waals surface area (Å²) in [5, 5.41) is 15.3. The Kier molecular flexibility index (Phi) is 4.57. The predicted molar refractivity (Wildman–Crippen MR) is 96.5 cm³/mol. The molecule has 3 heterocycles. The number of carbonyl (C=O) groups is 1. The molecule has 0 unspecified atom stereocenters. The Morgan fingerprint density at radius 2 is 2.24 bits per heavy atom. The normalized spacial score (nSPS) is 26.2. The number of thiophene rings is 1. The van der Waals surface area contributed by atoms with Crippen LogP contribution in [0.3, 0.4) is 0 Å². The minimum absolute atomic E-state index is 0.110. The van der Waals surface area contributed by atoms with E-state index in [1.54, 1.807) is 4.68 Å². The van der Waals surface area contributed by atoms with Crippen LogP contribution in [-0.2, 0) is 16.8 Å². The number of hydrogen-bond donors (Lipinski definition) is 2. The van der Waals surface area contributed by atoms with Crippen molar-refractivity contribution in [2.45, 2.75) is 37.4 Å². The maximum absolute atomic E-state index is 12.6. The van der Waals surface area contributed by atoms with Gasteiger partial charge in [0.1, 0.15) is 22.9 Å². The molecule has 4 rings (SSSR count). The van der Waals surface area contributed by atoms with Gasteiger partial charge in [-0.05, 0) is 43.0 Å². The molecule has 7 nitrogen and oxygen atoms in total. The zero-order valence-corrected chi connectivity index (χ0v) is 15.4. The van der Waals surface area contributed by atoms with Gasteiger partial charge in [-0.15, -0.1) is 5.10 Å². The summed E-state index contributed by atoms with van der Waals surface area (Å²) >= 11 is 0.746. The van der Waals surface area contributed by atoms with Crippen molar-refractivity contribution in [2.24, 2.45) is 11.7 Å². The molecule has 1 atom stereocenters. The standard InChI is InChI=1S/C16H21N5O2S2/c17-16(4-5-16)21-9-13(19-20-21)14(11-2-7-25(23)8-3-11)18-15(22)12-1-6-24-10-12/h1,6,9-11,14H,2-5,7-8,17H2,(H,18,22)/t11?,14-,25?/m0/s1. The summed E-state index contributed by atoms with van der Waals surface area (Å²) in [4.78, 5) is 12.6.